The molecule has 0 aliphatic rings. The quantitative estimate of drug-likeness (QED) is 0.704. The largest absolute Gasteiger partial charge is 0.508 e. The minimum Gasteiger partial charge on any atom is -0.508 e. The van der Waals surface area contributed by atoms with E-state index in [9.17, 15) is 9.90 Å². The van der Waals surface area contributed by atoms with Crippen molar-refractivity contribution in [2.45, 2.75) is 13.0 Å². The fraction of sp³-hybridized carbons (Fsp3) is 0.300. The van der Waals surface area contributed by atoms with Gasteiger partial charge in [-0.3, -0.25) is 4.79 Å². The van der Waals surface area contributed by atoms with Crippen LogP contribution in [-0.4, -0.2) is 17.6 Å². The molecular weight excluding hydrogens is 260 g/mol. The van der Waals surface area contributed by atoms with Crippen LogP contribution in [0.15, 0.2) is 22.7 Å². The van der Waals surface area contributed by atoms with Gasteiger partial charge in [0.05, 0.1) is 0 Å². The number of hydrogen-bond acceptors (Lipinski definition) is 3. The molecule has 0 aliphatic heterocycles. The standard InChI is InChI=1S/C10H13BrN2O2/c11-8-1-2-9(14)7(5-8)6-13-4-3-10(12)15/h1-2,5,13-14H,3-4,6H2,(H2,12,15). The Hall–Kier alpha value is -1.07. The molecule has 0 saturated heterocycles. The Labute approximate surface area is 96.6 Å². The molecule has 0 spiro atoms. The van der Waals surface area contributed by atoms with E-state index in [1.54, 1.807) is 12.1 Å². The molecule has 0 unspecified atom stereocenters. The predicted molar refractivity (Wildman–Crippen MR) is 61.3 cm³/mol. The number of halogens is 1. The highest BCUT2D eigenvalue weighted by atomic mass is 79.9. The first-order valence-electron chi connectivity index (χ1n) is 4.56. The molecule has 0 bridgehead atoms. The summed E-state index contributed by atoms with van der Waals surface area (Å²) >= 11 is 3.32. The molecule has 0 heterocycles. The molecule has 1 aromatic rings. The zero-order valence-corrected chi connectivity index (χ0v) is 9.75. The summed E-state index contributed by atoms with van der Waals surface area (Å²) in [6.45, 7) is 1.03. The highest BCUT2D eigenvalue weighted by molar-refractivity contribution is 9.10. The number of aromatic hydroxyl groups is 1. The van der Waals surface area contributed by atoms with Crippen molar-refractivity contribution < 1.29 is 9.90 Å². The molecule has 5 heteroatoms. The van der Waals surface area contributed by atoms with Gasteiger partial charge in [0.2, 0.25) is 5.91 Å². The third kappa shape index (κ3) is 4.31. The maximum atomic E-state index is 10.5. The van der Waals surface area contributed by atoms with Crippen LogP contribution in [0.3, 0.4) is 0 Å². The second-order valence-corrected chi connectivity index (χ2v) is 4.08. The number of carbonyl (C=O) groups is 1. The molecule has 0 aromatic heterocycles. The molecule has 4 N–H and O–H groups in total. The minimum absolute atomic E-state index is 0.241. The van der Waals surface area contributed by atoms with Crippen molar-refractivity contribution in [1.29, 1.82) is 0 Å². The number of phenols is 1. The van der Waals surface area contributed by atoms with Gasteiger partial charge in [0.25, 0.3) is 0 Å². The normalized spacial score (nSPS) is 10.2. The average Bonchev–Trinajstić information content (AvgIpc) is 2.17. The number of hydrogen-bond donors (Lipinski definition) is 3. The molecule has 0 saturated carbocycles. The fourth-order valence-corrected chi connectivity index (χ4v) is 1.54. The van der Waals surface area contributed by atoms with Crippen LogP contribution >= 0.6 is 15.9 Å². The third-order valence-electron chi connectivity index (χ3n) is 1.91. The lowest BCUT2D eigenvalue weighted by atomic mass is 10.2. The van der Waals surface area contributed by atoms with E-state index in [1.165, 1.54) is 0 Å². The molecule has 0 aliphatic carbocycles. The first-order chi connectivity index (χ1) is 7.09. The molecule has 0 fully saturated rings. The number of benzene rings is 1. The van der Waals surface area contributed by atoms with Gasteiger partial charge in [-0.05, 0) is 18.2 Å². The lowest BCUT2D eigenvalue weighted by molar-refractivity contribution is -0.117. The van der Waals surface area contributed by atoms with Crippen LogP contribution in [0, 0.1) is 0 Å². The summed E-state index contributed by atoms with van der Waals surface area (Å²) in [6, 6.07) is 5.21. The summed E-state index contributed by atoms with van der Waals surface area (Å²) in [6.07, 6.45) is 0.300. The Morgan fingerprint density at radius 2 is 2.27 bits per heavy atom. The van der Waals surface area contributed by atoms with Gasteiger partial charge in [-0.1, -0.05) is 15.9 Å². The van der Waals surface area contributed by atoms with Crippen LogP contribution in [0.2, 0.25) is 0 Å². The molecule has 0 atom stereocenters. The Balaban J connectivity index is 2.43. The van der Waals surface area contributed by atoms with Gasteiger partial charge >= 0.3 is 0 Å². The summed E-state index contributed by atoms with van der Waals surface area (Å²) in [5, 5.41) is 12.5. The van der Waals surface area contributed by atoms with Crippen molar-refractivity contribution in [3.05, 3.63) is 28.2 Å². The molecule has 1 rings (SSSR count). The lowest BCUT2D eigenvalue weighted by Gasteiger charge is -2.06. The maximum Gasteiger partial charge on any atom is 0.218 e. The number of nitrogens with one attached hydrogen (secondary N) is 1. The van der Waals surface area contributed by atoms with Crippen molar-refractivity contribution in [3.8, 4) is 5.75 Å². The topological polar surface area (TPSA) is 75.4 Å². The second-order valence-electron chi connectivity index (χ2n) is 3.17. The highest BCUT2D eigenvalue weighted by Crippen LogP contribution is 2.21. The number of rotatable bonds is 5. The zero-order chi connectivity index (χ0) is 11.3. The van der Waals surface area contributed by atoms with Gasteiger partial charge in [0.1, 0.15) is 5.75 Å². The van der Waals surface area contributed by atoms with Crippen LogP contribution in [0.25, 0.3) is 0 Å². The molecule has 15 heavy (non-hydrogen) atoms. The van der Waals surface area contributed by atoms with Crippen molar-refractivity contribution in [2.75, 3.05) is 6.54 Å². The van der Waals surface area contributed by atoms with Crippen LogP contribution in [0.5, 0.6) is 5.75 Å². The number of phenolic OH excluding ortho intramolecular Hbond substituents is 1. The van der Waals surface area contributed by atoms with Crippen LogP contribution in [-0.2, 0) is 11.3 Å². The van der Waals surface area contributed by atoms with Crippen LogP contribution in [0.4, 0.5) is 0 Å². The van der Waals surface area contributed by atoms with E-state index < -0.39 is 0 Å². The number of carbonyl (C=O) groups excluding carboxylic acids is 1. The summed E-state index contributed by atoms with van der Waals surface area (Å²) < 4.78 is 0.909. The second kappa shape index (κ2) is 5.72. The zero-order valence-electron chi connectivity index (χ0n) is 8.16. The first kappa shape index (κ1) is 12.0. The molecule has 1 amide bonds. The molecular formula is C10H13BrN2O2. The van der Waals surface area contributed by atoms with E-state index in [4.69, 9.17) is 5.73 Å². The Bertz CT molecular complexity index is 355. The van der Waals surface area contributed by atoms with E-state index >= 15 is 0 Å². The van der Waals surface area contributed by atoms with Gasteiger partial charge in [0, 0.05) is 29.5 Å². The Morgan fingerprint density at radius 3 is 2.93 bits per heavy atom. The molecule has 4 nitrogen and oxygen atoms in total. The Kier molecular flexibility index (Phi) is 4.58. The monoisotopic (exact) mass is 272 g/mol. The minimum atomic E-state index is -0.332. The maximum absolute atomic E-state index is 10.5. The molecule has 1 aromatic carbocycles. The number of nitrogens with two attached hydrogens (primary N) is 1. The summed E-state index contributed by atoms with van der Waals surface area (Å²) in [5.41, 5.74) is 5.78. The average molecular weight is 273 g/mol. The van der Waals surface area contributed by atoms with Gasteiger partial charge in [-0.2, -0.15) is 0 Å². The van der Waals surface area contributed by atoms with Crippen molar-refractivity contribution in [3.63, 3.8) is 0 Å². The van der Waals surface area contributed by atoms with E-state index in [2.05, 4.69) is 21.2 Å². The van der Waals surface area contributed by atoms with Crippen molar-refractivity contribution >= 4 is 21.8 Å². The van der Waals surface area contributed by atoms with E-state index in [0.717, 1.165) is 10.0 Å². The van der Waals surface area contributed by atoms with Crippen LogP contribution in [0.1, 0.15) is 12.0 Å². The SMILES string of the molecule is NC(=O)CCNCc1cc(Br)ccc1O. The lowest BCUT2D eigenvalue weighted by Crippen LogP contribution is -2.21. The smallest absolute Gasteiger partial charge is 0.218 e. The van der Waals surface area contributed by atoms with Gasteiger partial charge < -0.3 is 16.2 Å². The van der Waals surface area contributed by atoms with E-state index in [0.29, 0.717) is 19.5 Å². The number of amides is 1. The predicted octanol–water partition coefficient (Wildman–Crippen LogP) is 1.12. The van der Waals surface area contributed by atoms with Crippen molar-refractivity contribution in [2.24, 2.45) is 5.73 Å². The van der Waals surface area contributed by atoms with Gasteiger partial charge in [0.15, 0.2) is 0 Å². The fourth-order valence-electron chi connectivity index (χ4n) is 1.13. The Morgan fingerprint density at radius 1 is 1.53 bits per heavy atom. The summed E-state index contributed by atoms with van der Waals surface area (Å²) in [5.74, 6) is -0.0919. The first-order valence-corrected chi connectivity index (χ1v) is 5.35. The van der Waals surface area contributed by atoms with Gasteiger partial charge in [-0.25, -0.2) is 0 Å². The third-order valence-corrected chi connectivity index (χ3v) is 2.40. The summed E-state index contributed by atoms with van der Waals surface area (Å²) in [4.78, 5) is 10.5. The van der Waals surface area contributed by atoms with E-state index in [1.807, 2.05) is 6.07 Å². The van der Waals surface area contributed by atoms with Crippen LogP contribution < -0.4 is 11.1 Å². The van der Waals surface area contributed by atoms with Crippen molar-refractivity contribution in [1.82, 2.24) is 5.32 Å². The van der Waals surface area contributed by atoms with E-state index in [-0.39, 0.29) is 11.7 Å². The molecule has 82 valence electrons. The number of primary amides is 1. The highest BCUT2D eigenvalue weighted by Gasteiger charge is 2.01. The molecule has 0 radical (unpaired) electrons. The van der Waals surface area contributed by atoms with Gasteiger partial charge in [-0.15, -0.1) is 0 Å². The summed E-state index contributed by atoms with van der Waals surface area (Å²) in [7, 11) is 0.